The first-order chi connectivity index (χ1) is 14.7. The van der Waals surface area contributed by atoms with E-state index in [4.69, 9.17) is 0 Å². The molecule has 0 aromatic carbocycles. The van der Waals surface area contributed by atoms with Crippen molar-refractivity contribution < 1.29 is 9.59 Å². The number of hydrogen-bond donors (Lipinski definition) is 1. The van der Waals surface area contributed by atoms with Gasteiger partial charge in [0.05, 0.1) is 6.20 Å². The van der Waals surface area contributed by atoms with E-state index >= 15 is 0 Å². The Kier molecular flexibility index (Phi) is 5.83. The average Bonchev–Trinajstić information content (AvgIpc) is 3.29. The number of piperidine rings is 3. The van der Waals surface area contributed by atoms with Gasteiger partial charge >= 0.3 is 0 Å². The molecule has 1 saturated carbocycles. The fourth-order valence-electron chi connectivity index (χ4n) is 6.87. The molecule has 0 radical (unpaired) electrons. The molecule has 1 aromatic rings. The van der Waals surface area contributed by atoms with Gasteiger partial charge < -0.3 is 9.80 Å². The number of aromatic nitrogens is 2. The van der Waals surface area contributed by atoms with Crippen molar-refractivity contribution in [2.75, 3.05) is 13.1 Å². The van der Waals surface area contributed by atoms with Crippen molar-refractivity contribution >= 4 is 11.8 Å². The lowest BCUT2D eigenvalue weighted by molar-refractivity contribution is -0.157. The Balaban J connectivity index is 1.31. The molecule has 4 heterocycles. The zero-order valence-corrected chi connectivity index (χ0v) is 18.1. The van der Waals surface area contributed by atoms with Crippen LogP contribution < -0.4 is 0 Å². The summed E-state index contributed by atoms with van der Waals surface area (Å²) in [4.78, 5) is 30.5. The van der Waals surface area contributed by atoms with Crippen LogP contribution in [-0.2, 0) is 16.0 Å². The lowest BCUT2D eigenvalue weighted by Crippen LogP contribution is -2.65. The molecule has 164 valence electrons. The fourth-order valence-corrected chi connectivity index (χ4v) is 6.87. The van der Waals surface area contributed by atoms with E-state index in [1.54, 1.807) is 0 Å². The Morgan fingerprint density at radius 1 is 1.10 bits per heavy atom. The van der Waals surface area contributed by atoms with Crippen LogP contribution >= 0.6 is 0 Å². The second-order valence-electron chi connectivity index (χ2n) is 10.2. The van der Waals surface area contributed by atoms with Crippen molar-refractivity contribution in [3.05, 3.63) is 18.0 Å². The number of carbonyl (C=O) groups excluding carboxylic acids is 2. The highest BCUT2D eigenvalue weighted by molar-refractivity contribution is 5.79. The van der Waals surface area contributed by atoms with E-state index in [9.17, 15) is 9.59 Å². The van der Waals surface area contributed by atoms with E-state index in [1.807, 2.05) is 12.4 Å². The summed E-state index contributed by atoms with van der Waals surface area (Å²) in [7, 11) is 0. The van der Waals surface area contributed by atoms with E-state index < -0.39 is 0 Å². The van der Waals surface area contributed by atoms with Crippen LogP contribution in [0.2, 0.25) is 0 Å². The number of rotatable bonds is 5. The number of nitrogens with one attached hydrogen (secondary N) is 1. The SMILES string of the molecule is O=C(CCc1cn[nH]c1)N1C[C@H]2C[C@@H](C1)[C@H](CC1CCCCC1)N1C(=O)CCC[C@@H]21. The summed E-state index contributed by atoms with van der Waals surface area (Å²) in [5.74, 6) is 2.36. The molecule has 1 aromatic heterocycles. The molecular weight excluding hydrogens is 376 g/mol. The first-order valence-electron chi connectivity index (χ1n) is 12.3. The molecule has 0 unspecified atom stereocenters. The van der Waals surface area contributed by atoms with Crippen molar-refractivity contribution in [2.24, 2.45) is 17.8 Å². The van der Waals surface area contributed by atoms with Crippen LogP contribution in [-0.4, -0.2) is 57.0 Å². The first-order valence-corrected chi connectivity index (χ1v) is 12.3. The Morgan fingerprint density at radius 2 is 1.93 bits per heavy atom. The minimum Gasteiger partial charge on any atom is -0.342 e. The highest BCUT2D eigenvalue weighted by Gasteiger charge is 2.50. The normalized spacial score (nSPS) is 32.2. The summed E-state index contributed by atoms with van der Waals surface area (Å²) in [6, 6.07) is 0.715. The number of aryl methyl sites for hydroxylation is 1. The van der Waals surface area contributed by atoms with Gasteiger partial charge in [0.15, 0.2) is 0 Å². The van der Waals surface area contributed by atoms with Crippen molar-refractivity contribution in [3.63, 3.8) is 0 Å². The maximum absolute atomic E-state index is 13.1. The minimum atomic E-state index is 0.276. The third kappa shape index (κ3) is 4.02. The van der Waals surface area contributed by atoms with Gasteiger partial charge in [-0.1, -0.05) is 32.1 Å². The van der Waals surface area contributed by atoms with Gasteiger partial charge in [-0.05, 0) is 55.4 Å². The van der Waals surface area contributed by atoms with E-state index in [2.05, 4.69) is 20.0 Å². The summed E-state index contributed by atoms with van der Waals surface area (Å²) in [6.45, 7) is 1.68. The van der Waals surface area contributed by atoms with Crippen molar-refractivity contribution in [2.45, 2.75) is 89.1 Å². The number of nitrogens with zero attached hydrogens (tertiary/aromatic N) is 3. The number of hydrogen-bond acceptors (Lipinski definition) is 3. The molecular formula is C24H36N4O2. The largest absolute Gasteiger partial charge is 0.342 e. The first kappa shape index (κ1) is 20.1. The Labute approximate surface area is 179 Å². The minimum absolute atomic E-state index is 0.276. The number of amides is 2. The third-order valence-corrected chi connectivity index (χ3v) is 8.33. The van der Waals surface area contributed by atoms with Crippen molar-refractivity contribution in [3.8, 4) is 0 Å². The Morgan fingerprint density at radius 3 is 2.73 bits per heavy atom. The zero-order valence-electron chi connectivity index (χ0n) is 18.1. The molecule has 6 heteroatoms. The molecule has 2 amide bonds. The third-order valence-electron chi connectivity index (χ3n) is 8.33. The van der Waals surface area contributed by atoms with E-state index in [0.717, 1.165) is 56.7 Å². The fraction of sp³-hybridized carbons (Fsp3) is 0.792. The van der Waals surface area contributed by atoms with E-state index in [1.165, 1.54) is 38.5 Å². The Bertz CT molecular complexity index is 742. The van der Waals surface area contributed by atoms with Gasteiger partial charge in [-0.15, -0.1) is 0 Å². The van der Waals surface area contributed by atoms with Gasteiger partial charge in [-0.25, -0.2) is 0 Å². The van der Waals surface area contributed by atoms with Crippen LogP contribution in [0.5, 0.6) is 0 Å². The predicted molar refractivity (Wildman–Crippen MR) is 115 cm³/mol. The summed E-state index contributed by atoms with van der Waals surface area (Å²) in [5.41, 5.74) is 1.10. The monoisotopic (exact) mass is 412 g/mol. The number of H-pyrrole nitrogens is 1. The van der Waals surface area contributed by atoms with Crippen LogP contribution in [0.25, 0.3) is 0 Å². The van der Waals surface area contributed by atoms with Crippen molar-refractivity contribution in [1.82, 2.24) is 20.0 Å². The van der Waals surface area contributed by atoms with Crippen LogP contribution in [0.3, 0.4) is 0 Å². The van der Waals surface area contributed by atoms with E-state index in [0.29, 0.717) is 36.2 Å². The Hall–Kier alpha value is -1.85. The molecule has 0 spiro atoms. The number of likely N-dealkylation sites (tertiary alicyclic amines) is 1. The molecule has 2 bridgehead atoms. The summed E-state index contributed by atoms with van der Waals surface area (Å²) in [6.07, 6.45) is 17.0. The summed E-state index contributed by atoms with van der Waals surface area (Å²) in [5, 5.41) is 6.82. The lowest BCUT2D eigenvalue weighted by Gasteiger charge is -2.57. The predicted octanol–water partition coefficient (Wildman–Crippen LogP) is 3.54. The second kappa shape index (κ2) is 8.72. The van der Waals surface area contributed by atoms with Crippen LogP contribution in [0.4, 0.5) is 0 Å². The molecule has 1 aliphatic carbocycles. The highest BCUT2D eigenvalue weighted by Crippen LogP contribution is 2.44. The maximum atomic E-state index is 13.1. The summed E-state index contributed by atoms with van der Waals surface area (Å²) < 4.78 is 0. The molecule has 4 fully saturated rings. The van der Waals surface area contributed by atoms with Crippen molar-refractivity contribution in [1.29, 1.82) is 0 Å². The topological polar surface area (TPSA) is 69.3 Å². The molecule has 6 nitrogen and oxygen atoms in total. The summed E-state index contributed by atoms with van der Waals surface area (Å²) >= 11 is 0. The van der Waals surface area contributed by atoms with Crippen LogP contribution in [0.15, 0.2) is 12.4 Å². The molecule has 30 heavy (non-hydrogen) atoms. The van der Waals surface area contributed by atoms with Gasteiger partial charge in [-0.3, -0.25) is 14.7 Å². The number of aromatic amines is 1. The zero-order chi connectivity index (χ0) is 20.5. The average molecular weight is 413 g/mol. The van der Waals surface area contributed by atoms with Gasteiger partial charge in [-0.2, -0.15) is 5.10 Å². The lowest BCUT2D eigenvalue weighted by atomic mass is 9.69. The van der Waals surface area contributed by atoms with Gasteiger partial charge in [0, 0.05) is 44.2 Å². The standard InChI is InChI=1S/C24H36N4O2/c29-23(10-9-18-13-25-26-14-18)27-15-19-12-20(16-27)22(11-17-5-2-1-3-6-17)28-21(19)7-4-8-24(28)30/h13-14,17,19-22H,1-12,15-16H2,(H,25,26)/t19-,20+,21+,22+/m1/s1. The molecule has 4 atom stereocenters. The maximum Gasteiger partial charge on any atom is 0.223 e. The molecule has 3 aliphatic heterocycles. The smallest absolute Gasteiger partial charge is 0.223 e. The molecule has 1 N–H and O–H groups in total. The van der Waals surface area contributed by atoms with Crippen LogP contribution in [0.1, 0.15) is 76.2 Å². The quantitative estimate of drug-likeness (QED) is 0.804. The van der Waals surface area contributed by atoms with Gasteiger partial charge in [0.1, 0.15) is 0 Å². The molecule has 3 saturated heterocycles. The molecule has 4 aliphatic rings. The number of carbonyl (C=O) groups is 2. The highest BCUT2D eigenvalue weighted by atomic mass is 16.2. The van der Waals surface area contributed by atoms with Crippen LogP contribution in [0, 0.1) is 17.8 Å². The second-order valence-corrected chi connectivity index (χ2v) is 10.2. The number of fused-ring (bicyclic) bond motifs is 4. The van der Waals surface area contributed by atoms with Gasteiger partial charge in [0.2, 0.25) is 11.8 Å². The van der Waals surface area contributed by atoms with Gasteiger partial charge in [0.25, 0.3) is 0 Å². The van der Waals surface area contributed by atoms with E-state index in [-0.39, 0.29) is 5.91 Å². The molecule has 5 rings (SSSR count).